The van der Waals surface area contributed by atoms with Crippen molar-refractivity contribution in [3.8, 4) is 0 Å². The highest BCUT2D eigenvalue weighted by Gasteiger charge is 2.32. The molecule has 1 aromatic carbocycles. The van der Waals surface area contributed by atoms with Gasteiger partial charge in [-0.1, -0.05) is 37.3 Å². The highest BCUT2D eigenvalue weighted by atomic mass is 16.5. The molecule has 0 spiro atoms. The van der Waals surface area contributed by atoms with E-state index < -0.39 is 0 Å². The van der Waals surface area contributed by atoms with Gasteiger partial charge >= 0.3 is 6.09 Å². The van der Waals surface area contributed by atoms with Crippen molar-refractivity contribution in [1.82, 2.24) is 10.6 Å². The number of hydrogen-bond acceptors (Lipinski definition) is 4. The maximum Gasteiger partial charge on any atom is 0.407 e. The molecule has 0 bridgehead atoms. The second-order valence-corrected chi connectivity index (χ2v) is 6.85. The normalized spacial score (nSPS) is 29.0. The molecule has 2 aliphatic rings. The first-order chi connectivity index (χ1) is 11.7. The van der Waals surface area contributed by atoms with E-state index >= 15 is 0 Å². The Bertz CT molecular complexity index is 517. The Morgan fingerprint density at radius 2 is 2.04 bits per heavy atom. The largest absolute Gasteiger partial charge is 0.445 e. The molecule has 1 aliphatic heterocycles. The summed E-state index contributed by atoms with van der Waals surface area (Å²) in [4.78, 5) is 11.8. The fourth-order valence-corrected chi connectivity index (χ4v) is 3.53. The number of ether oxygens (including phenoxy) is 2. The number of benzene rings is 1. The van der Waals surface area contributed by atoms with Crippen LogP contribution in [0.2, 0.25) is 0 Å². The van der Waals surface area contributed by atoms with E-state index in [0.717, 1.165) is 44.4 Å². The highest BCUT2D eigenvalue weighted by Crippen LogP contribution is 2.25. The van der Waals surface area contributed by atoms with E-state index in [4.69, 9.17) is 9.47 Å². The van der Waals surface area contributed by atoms with Crippen molar-refractivity contribution in [3.63, 3.8) is 0 Å². The number of amides is 1. The molecule has 1 saturated carbocycles. The van der Waals surface area contributed by atoms with Gasteiger partial charge in [0.05, 0.1) is 6.10 Å². The SMILES string of the molecule is CCC1OCCC1CNC1CC(NC(=O)OCc2ccccc2)C1. The zero-order valence-electron chi connectivity index (χ0n) is 14.4. The molecule has 5 nitrogen and oxygen atoms in total. The van der Waals surface area contributed by atoms with Crippen molar-refractivity contribution in [2.24, 2.45) is 5.92 Å². The Balaban J connectivity index is 1.27. The average Bonchev–Trinajstić information content (AvgIpc) is 3.03. The molecule has 2 unspecified atom stereocenters. The average molecular weight is 332 g/mol. The lowest BCUT2D eigenvalue weighted by molar-refractivity contribution is 0.0846. The van der Waals surface area contributed by atoms with Crippen LogP contribution in [-0.4, -0.2) is 37.4 Å². The number of hydrogen-bond donors (Lipinski definition) is 2. The van der Waals surface area contributed by atoms with Crippen LogP contribution in [0.15, 0.2) is 30.3 Å². The number of carbonyl (C=O) groups is 1. The van der Waals surface area contributed by atoms with Gasteiger partial charge in [0.15, 0.2) is 0 Å². The summed E-state index contributed by atoms with van der Waals surface area (Å²) in [5, 5.41) is 6.55. The topological polar surface area (TPSA) is 59.6 Å². The van der Waals surface area contributed by atoms with Crippen LogP contribution in [0.3, 0.4) is 0 Å². The molecule has 24 heavy (non-hydrogen) atoms. The van der Waals surface area contributed by atoms with E-state index in [1.165, 1.54) is 0 Å². The number of alkyl carbamates (subject to hydrolysis) is 1. The van der Waals surface area contributed by atoms with Gasteiger partial charge in [-0.05, 0) is 37.2 Å². The Morgan fingerprint density at radius 3 is 2.79 bits per heavy atom. The maximum atomic E-state index is 11.8. The molecule has 3 rings (SSSR count). The minimum Gasteiger partial charge on any atom is -0.445 e. The van der Waals surface area contributed by atoms with Crippen LogP contribution >= 0.6 is 0 Å². The predicted octanol–water partition coefficient (Wildman–Crippen LogP) is 2.85. The molecule has 1 aromatic rings. The van der Waals surface area contributed by atoms with Crippen molar-refractivity contribution in [3.05, 3.63) is 35.9 Å². The summed E-state index contributed by atoms with van der Waals surface area (Å²) in [5.74, 6) is 0.637. The molecule has 2 fully saturated rings. The molecule has 2 atom stereocenters. The minimum absolute atomic E-state index is 0.229. The van der Waals surface area contributed by atoms with E-state index in [2.05, 4.69) is 17.6 Å². The standard InChI is InChI=1S/C19H28N2O3/c1-2-18-15(8-9-23-18)12-20-16-10-17(11-16)21-19(22)24-13-14-6-4-3-5-7-14/h3-7,15-18,20H,2,8-13H2,1H3,(H,21,22). The number of carbonyl (C=O) groups excluding carboxylic acids is 1. The first-order valence-electron chi connectivity index (χ1n) is 9.06. The van der Waals surface area contributed by atoms with Gasteiger partial charge in [-0.3, -0.25) is 0 Å². The predicted molar refractivity (Wildman–Crippen MR) is 92.7 cm³/mol. The van der Waals surface area contributed by atoms with Crippen molar-refractivity contribution in [2.75, 3.05) is 13.2 Å². The fraction of sp³-hybridized carbons (Fsp3) is 0.632. The van der Waals surface area contributed by atoms with Gasteiger partial charge in [0, 0.05) is 25.2 Å². The van der Waals surface area contributed by atoms with E-state index in [1.54, 1.807) is 0 Å². The Morgan fingerprint density at radius 1 is 1.25 bits per heavy atom. The summed E-state index contributed by atoms with van der Waals surface area (Å²) >= 11 is 0. The minimum atomic E-state index is -0.322. The van der Waals surface area contributed by atoms with Crippen LogP contribution in [0.25, 0.3) is 0 Å². The molecule has 132 valence electrons. The van der Waals surface area contributed by atoms with Crippen molar-refractivity contribution in [1.29, 1.82) is 0 Å². The zero-order chi connectivity index (χ0) is 16.8. The Kier molecular flexibility index (Phi) is 6.10. The summed E-state index contributed by atoms with van der Waals surface area (Å²) in [6, 6.07) is 10.5. The van der Waals surface area contributed by atoms with Crippen LogP contribution in [0.1, 0.15) is 38.2 Å². The van der Waals surface area contributed by atoms with E-state index in [-0.39, 0.29) is 12.1 Å². The second kappa shape index (κ2) is 8.49. The van der Waals surface area contributed by atoms with Gasteiger partial charge in [0.2, 0.25) is 0 Å². The van der Waals surface area contributed by atoms with Crippen molar-refractivity contribution >= 4 is 6.09 Å². The number of nitrogens with one attached hydrogen (secondary N) is 2. The van der Waals surface area contributed by atoms with E-state index in [9.17, 15) is 4.79 Å². The molecule has 0 aromatic heterocycles. The summed E-state index contributed by atoms with van der Waals surface area (Å²) in [6.45, 7) is 4.43. The van der Waals surface area contributed by atoms with E-state index in [1.807, 2.05) is 30.3 Å². The molecular formula is C19H28N2O3. The third kappa shape index (κ3) is 4.71. The van der Waals surface area contributed by atoms with Crippen LogP contribution in [0.4, 0.5) is 4.79 Å². The fourth-order valence-electron chi connectivity index (χ4n) is 3.53. The summed E-state index contributed by atoms with van der Waals surface area (Å²) in [5.41, 5.74) is 1.00. The highest BCUT2D eigenvalue weighted by molar-refractivity contribution is 5.67. The van der Waals surface area contributed by atoms with Gasteiger partial charge < -0.3 is 20.1 Å². The Labute approximate surface area is 144 Å². The molecule has 2 N–H and O–H groups in total. The van der Waals surface area contributed by atoms with Crippen LogP contribution in [-0.2, 0) is 16.1 Å². The molecule has 0 radical (unpaired) electrons. The molecule has 1 amide bonds. The first-order valence-corrected chi connectivity index (χ1v) is 9.06. The van der Waals surface area contributed by atoms with Crippen LogP contribution < -0.4 is 10.6 Å². The third-order valence-corrected chi connectivity index (χ3v) is 5.09. The quantitative estimate of drug-likeness (QED) is 0.806. The monoisotopic (exact) mass is 332 g/mol. The lowest BCUT2D eigenvalue weighted by Gasteiger charge is -2.37. The number of rotatable bonds is 7. The first kappa shape index (κ1) is 17.2. The van der Waals surface area contributed by atoms with Gasteiger partial charge in [0.1, 0.15) is 6.61 Å². The molecule has 5 heteroatoms. The lowest BCUT2D eigenvalue weighted by atomic mass is 9.86. The van der Waals surface area contributed by atoms with Gasteiger partial charge in [0.25, 0.3) is 0 Å². The van der Waals surface area contributed by atoms with Gasteiger partial charge in [-0.25, -0.2) is 4.79 Å². The molecule has 1 saturated heterocycles. The molecular weight excluding hydrogens is 304 g/mol. The lowest BCUT2D eigenvalue weighted by Crippen LogP contribution is -2.53. The maximum absolute atomic E-state index is 11.8. The summed E-state index contributed by atoms with van der Waals surface area (Å²) < 4.78 is 11.0. The summed E-state index contributed by atoms with van der Waals surface area (Å²) in [6.07, 6.45) is 4.30. The summed E-state index contributed by atoms with van der Waals surface area (Å²) in [7, 11) is 0. The third-order valence-electron chi connectivity index (χ3n) is 5.09. The van der Waals surface area contributed by atoms with Crippen molar-refractivity contribution in [2.45, 2.75) is 57.4 Å². The van der Waals surface area contributed by atoms with Gasteiger partial charge in [-0.15, -0.1) is 0 Å². The van der Waals surface area contributed by atoms with Crippen LogP contribution in [0, 0.1) is 5.92 Å². The molecule has 1 heterocycles. The zero-order valence-corrected chi connectivity index (χ0v) is 14.4. The van der Waals surface area contributed by atoms with Crippen LogP contribution in [0.5, 0.6) is 0 Å². The van der Waals surface area contributed by atoms with E-state index in [0.29, 0.717) is 24.7 Å². The smallest absolute Gasteiger partial charge is 0.407 e. The van der Waals surface area contributed by atoms with Crippen molar-refractivity contribution < 1.29 is 14.3 Å². The van der Waals surface area contributed by atoms with Gasteiger partial charge in [-0.2, -0.15) is 0 Å². The Hall–Kier alpha value is -1.59. The second-order valence-electron chi connectivity index (χ2n) is 6.85. The molecule has 1 aliphatic carbocycles.